The van der Waals surface area contributed by atoms with Gasteiger partial charge in [0, 0.05) is 50.3 Å². The maximum Gasteiger partial charge on any atom is 0.232 e. The highest BCUT2D eigenvalue weighted by Gasteiger charge is 2.21. The van der Waals surface area contributed by atoms with Gasteiger partial charge in [0.2, 0.25) is 5.89 Å². The Labute approximate surface area is 209 Å². The standard InChI is InChI=1S/C25H32N6O3S/c1-25(2,3)23-30-22(31-34-23)8-9-26-16-28-24-29-20-7-6-17(13-21(20)35-24)18-12-19(15-27-14-18)33-11-5-10-32-4/h6-7,12-15,26H,5,8-11,16H2,1-4H3,(H,28,29). The van der Waals surface area contributed by atoms with Crippen LogP contribution in [0.3, 0.4) is 0 Å². The van der Waals surface area contributed by atoms with Gasteiger partial charge in [0.1, 0.15) is 5.75 Å². The van der Waals surface area contributed by atoms with Crippen LogP contribution in [0.4, 0.5) is 5.13 Å². The van der Waals surface area contributed by atoms with Crippen molar-refractivity contribution in [1.82, 2.24) is 25.4 Å². The lowest BCUT2D eigenvalue weighted by Crippen LogP contribution is -2.24. The number of benzene rings is 1. The van der Waals surface area contributed by atoms with E-state index >= 15 is 0 Å². The Hall–Kier alpha value is -3.08. The highest BCUT2D eigenvalue weighted by molar-refractivity contribution is 7.22. The SMILES string of the molecule is COCCCOc1cncc(-c2ccc3nc(NCNCCc4noc(C(C)(C)C)n4)sc3c2)c1. The summed E-state index contributed by atoms with van der Waals surface area (Å²) >= 11 is 1.62. The monoisotopic (exact) mass is 496 g/mol. The molecule has 0 saturated heterocycles. The van der Waals surface area contributed by atoms with Crippen molar-refractivity contribution < 1.29 is 14.0 Å². The third-order valence-electron chi connectivity index (χ3n) is 5.20. The molecular weight excluding hydrogens is 464 g/mol. The first-order valence-electron chi connectivity index (χ1n) is 11.7. The summed E-state index contributed by atoms with van der Waals surface area (Å²) in [4.78, 5) is 13.5. The molecular formula is C25H32N6O3S. The van der Waals surface area contributed by atoms with Crippen molar-refractivity contribution in [3.8, 4) is 16.9 Å². The van der Waals surface area contributed by atoms with Crippen LogP contribution in [-0.2, 0) is 16.6 Å². The molecule has 4 aromatic rings. The zero-order valence-corrected chi connectivity index (χ0v) is 21.4. The summed E-state index contributed by atoms with van der Waals surface area (Å²) in [5, 5.41) is 11.6. The maximum atomic E-state index is 5.79. The van der Waals surface area contributed by atoms with E-state index in [2.05, 4.69) is 63.6 Å². The minimum absolute atomic E-state index is 0.135. The van der Waals surface area contributed by atoms with E-state index in [0.29, 0.717) is 38.0 Å². The first-order chi connectivity index (χ1) is 16.9. The van der Waals surface area contributed by atoms with Crippen LogP contribution < -0.4 is 15.4 Å². The molecule has 0 aliphatic carbocycles. The van der Waals surface area contributed by atoms with E-state index in [1.165, 1.54) is 0 Å². The Kier molecular flexibility index (Phi) is 8.27. The summed E-state index contributed by atoms with van der Waals surface area (Å²) in [5.41, 5.74) is 2.92. The topological polar surface area (TPSA) is 107 Å². The Morgan fingerprint density at radius 2 is 1.94 bits per heavy atom. The van der Waals surface area contributed by atoms with E-state index in [1.807, 2.05) is 18.3 Å². The number of nitrogens with zero attached hydrogens (tertiary/aromatic N) is 4. The molecule has 2 N–H and O–H groups in total. The molecule has 186 valence electrons. The van der Waals surface area contributed by atoms with E-state index in [-0.39, 0.29) is 5.41 Å². The molecule has 3 aromatic heterocycles. The number of rotatable bonds is 12. The molecule has 0 bridgehead atoms. The van der Waals surface area contributed by atoms with Crippen LogP contribution in [0.1, 0.15) is 38.9 Å². The minimum atomic E-state index is -0.135. The molecule has 0 spiro atoms. The average Bonchev–Trinajstić information content (AvgIpc) is 3.48. The van der Waals surface area contributed by atoms with Gasteiger partial charge >= 0.3 is 0 Å². The molecule has 3 heterocycles. The van der Waals surface area contributed by atoms with Crippen molar-refractivity contribution in [2.24, 2.45) is 0 Å². The van der Waals surface area contributed by atoms with Crippen LogP contribution in [0.15, 0.2) is 41.2 Å². The molecule has 9 nitrogen and oxygen atoms in total. The predicted octanol–water partition coefficient (Wildman–Crippen LogP) is 4.66. The number of pyridine rings is 1. The maximum absolute atomic E-state index is 5.79. The summed E-state index contributed by atoms with van der Waals surface area (Å²) in [6.45, 7) is 8.79. The molecule has 35 heavy (non-hydrogen) atoms. The fourth-order valence-electron chi connectivity index (χ4n) is 3.32. The summed E-state index contributed by atoms with van der Waals surface area (Å²) in [6.07, 6.45) is 5.13. The summed E-state index contributed by atoms with van der Waals surface area (Å²) in [6, 6.07) is 8.25. The molecule has 0 saturated carbocycles. The molecule has 1 aromatic carbocycles. The average molecular weight is 497 g/mol. The number of fused-ring (bicyclic) bond motifs is 1. The second kappa shape index (κ2) is 11.6. The van der Waals surface area contributed by atoms with Crippen molar-refractivity contribution in [2.45, 2.75) is 39.0 Å². The number of thiazole rings is 1. The van der Waals surface area contributed by atoms with E-state index in [1.54, 1.807) is 24.6 Å². The number of anilines is 1. The fraction of sp³-hybridized carbons (Fsp3) is 0.440. The van der Waals surface area contributed by atoms with Crippen molar-refractivity contribution in [1.29, 1.82) is 0 Å². The predicted molar refractivity (Wildman–Crippen MR) is 138 cm³/mol. The van der Waals surface area contributed by atoms with Crippen molar-refractivity contribution >= 4 is 26.7 Å². The molecule has 0 aliphatic heterocycles. The third kappa shape index (κ3) is 6.97. The normalized spacial score (nSPS) is 11.8. The van der Waals surface area contributed by atoms with Crippen LogP contribution in [0.25, 0.3) is 21.3 Å². The Balaban J connectivity index is 1.29. The van der Waals surface area contributed by atoms with Crippen LogP contribution in [0.5, 0.6) is 5.75 Å². The number of aromatic nitrogens is 4. The van der Waals surface area contributed by atoms with Gasteiger partial charge in [-0.15, -0.1) is 0 Å². The van der Waals surface area contributed by atoms with E-state index in [4.69, 9.17) is 14.0 Å². The molecule has 0 fully saturated rings. The molecule has 10 heteroatoms. The lowest BCUT2D eigenvalue weighted by Gasteiger charge is -2.10. The fourth-order valence-corrected chi connectivity index (χ4v) is 4.22. The Bertz CT molecular complexity index is 1230. The van der Waals surface area contributed by atoms with Gasteiger partial charge in [-0.1, -0.05) is 43.3 Å². The molecule has 0 unspecified atom stereocenters. The lowest BCUT2D eigenvalue weighted by molar-refractivity contribution is 0.172. The second-order valence-corrected chi connectivity index (χ2v) is 10.2. The first-order valence-corrected chi connectivity index (χ1v) is 12.5. The highest BCUT2D eigenvalue weighted by atomic mass is 32.1. The Morgan fingerprint density at radius 1 is 1.06 bits per heavy atom. The number of hydrogen-bond donors (Lipinski definition) is 2. The molecule has 0 aliphatic rings. The molecule has 0 atom stereocenters. The second-order valence-electron chi connectivity index (χ2n) is 9.17. The van der Waals surface area contributed by atoms with E-state index < -0.39 is 0 Å². The zero-order valence-electron chi connectivity index (χ0n) is 20.6. The third-order valence-corrected chi connectivity index (χ3v) is 6.17. The van der Waals surface area contributed by atoms with Crippen molar-refractivity contribution in [3.05, 3.63) is 48.4 Å². The van der Waals surface area contributed by atoms with Gasteiger partial charge in [-0.05, 0) is 23.8 Å². The molecule has 4 rings (SSSR count). The first kappa shape index (κ1) is 25.0. The highest BCUT2D eigenvalue weighted by Crippen LogP contribution is 2.31. The number of nitrogens with one attached hydrogen (secondary N) is 2. The minimum Gasteiger partial charge on any atom is -0.492 e. The van der Waals surface area contributed by atoms with Gasteiger partial charge in [-0.3, -0.25) is 10.3 Å². The van der Waals surface area contributed by atoms with E-state index in [9.17, 15) is 0 Å². The smallest absolute Gasteiger partial charge is 0.232 e. The lowest BCUT2D eigenvalue weighted by atomic mass is 9.97. The number of hydrogen-bond acceptors (Lipinski definition) is 10. The van der Waals surface area contributed by atoms with Crippen LogP contribution in [0, 0.1) is 0 Å². The van der Waals surface area contributed by atoms with Gasteiger partial charge in [0.15, 0.2) is 11.0 Å². The summed E-state index contributed by atoms with van der Waals surface area (Å²) < 4.78 is 17.3. The summed E-state index contributed by atoms with van der Waals surface area (Å²) in [5.74, 6) is 2.14. The van der Waals surface area contributed by atoms with Crippen LogP contribution >= 0.6 is 11.3 Å². The largest absolute Gasteiger partial charge is 0.492 e. The van der Waals surface area contributed by atoms with Gasteiger partial charge in [-0.25, -0.2) is 4.98 Å². The van der Waals surface area contributed by atoms with E-state index in [0.717, 1.165) is 45.2 Å². The van der Waals surface area contributed by atoms with Crippen LogP contribution in [0.2, 0.25) is 0 Å². The van der Waals surface area contributed by atoms with Gasteiger partial charge in [0.25, 0.3) is 0 Å². The quantitative estimate of drug-likeness (QED) is 0.214. The van der Waals surface area contributed by atoms with Gasteiger partial charge in [-0.2, -0.15) is 4.98 Å². The zero-order chi connectivity index (χ0) is 24.7. The number of ether oxygens (including phenoxy) is 2. The molecule has 0 amide bonds. The van der Waals surface area contributed by atoms with Gasteiger partial charge in [0.05, 0.1) is 29.7 Å². The summed E-state index contributed by atoms with van der Waals surface area (Å²) in [7, 11) is 1.69. The van der Waals surface area contributed by atoms with Crippen molar-refractivity contribution in [3.63, 3.8) is 0 Å². The number of methoxy groups -OCH3 is 1. The van der Waals surface area contributed by atoms with Crippen LogP contribution in [-0.4, -0.2) is 53.6 Å². The van der Waals surface area contributed by atoms with Crippen molar-refractivity contribution in [2.75, 3.05) is 38.9 Å². The van der Waals surface area contributed by atoms with Gasteiger partial charge < -0.3 is 19.3 Å². The Morgan fingerprint density at radius 3 is 2.74 bits per heavy atom. The molecule has 0 radical (unpaired) electrons.